The molecule has 0 aliphatic carbocycles. The van der Waals surface area contributed by atoms with Gasteiger partial charge < -0.3 is 16.0 Å². The molecule has 0 aliphatic heterocycles. The normalized spacial score (nSPS) is 12.0. The highest BCUT2D eigenvalue weighted by Gasteiger charge is 2.13. The molecule has 1 unspecified atom stereocenters. The highest BCUT2D eigenvalue weighted by Crippen LogP contribution is 2.11. The Balaban J connectivity index is 2.67. The van der Waals surface area contributed by atoms with Gasteiger partial charge in [-0.3, -0.25) is 0 Å². The monoisotopic (exact) mass is 235 g/mol. The molecule has 4 heteroatoms. The Labute approximate surface area is 103 Å². The van der Waals surface area contributed by atoms with Crippen molar-refractivity contribution in [2.75, 3.05) is 12.4 Å². The van der Waals surface area contributed by atoms with Gasteiger partial charge in [0.1, 0.15) is 0 Å². The predicted molar refractivity (Wildman–Crippen MR) is 70.9 cm³/mol. The van der Waals surface area contributed by atoms with Crippen molar-refractivity contribution in [1.29, 1.82) is 0 Å². The number of benzene rings is 1. The van der Waals surface area contributed by atoms with Gasteiger partial charge in [-0.25, -0.2) is 4.79 Å². The Bertz CT molecular complexity index is 379. The summed E-state index contributed by atoms with van der Waals surface area (Å²) in [5, 5.41) is 2.86. The molecule has 1 aromatic rings. The molecule has 94 valence electrons. The number of hydrogen-bond acceptors (Lipinski definition) is 2. The lowest BCUT2D eigenvalue weighted by Crippen LogP contribution is -2.37. The smallest absolute Gasteiger partial charge is 0.321 e. The number of amides is 2. The lowest BCUT2D eigenvalue weighted by molar-refractivity contribution is 0.206. The van der Waals surface area contributed by atoms with E-state index in [0.717, 1.165) is 17.7 Å². The van der Waals surface area contributed by atoms with E-state index in [1.54, 1.807) is 11.9 Å². The van der Waals surface area contributed by atoms with E-state index in [2.05, 4.69) is 12.2 Å². The van der Waals surface area contributed by atoms with Crippen LogP contribution in [-0.2, 0) is 6.54 Å². The molecule has 1 atom stereocenters. The third kappa shape index (κ3) is 3.75. The quantitative estimate of drug-likeness (QED) is 0.842. The van der Waals surface area contributed by atoms with E-state index in [9.17, 15) is 4.79 Å². The van der Waals surface area contributed by atoms with E-state index in [1.807, 2.05) is 31.2 Å². The molecule has 1 aromatic carbocycles. The third-order valence-corrected chi connectivity index (χ3v) is 2.99. The van der Waals surface area contributed by atoms with Crippen molar-refractivity contribution >= 4 is 11.7 Å². The second-order valence-electron chi connectivity index (χ2n) is 4.20. The van der Waals surface area contributed by atoms with Gasteiger partial charge in [-0.1, -0.05) is 19.1 Å². The summed E-state index contributed by atoms with van der Waals surface area (Å²) in [5.41, 5.74) is 7.35. The summed E-state index contributed by atoms with van der Waals surface area (Å²) in [6, 6.07) is 7.72. The number of nitrogens with one attached hydrogen (secondary N) is 1. The first-order chi connectivity index (χ1) is 8.08. The molecule has 17 heavy (non-hydrogen) atoms. The van der Waals surface area contributed by atoms with Gasteiger partial charge in [-0.05, 0) is 31.0 Å². The van der Waals surface area contributed by atoms with E-state index in [4.69, 9.17) is 5.73 Å². The van der Waals surface area contributed by atoms with Gasteiger partial charge in [-0.2, -0.15) is 0 Å². The number of urea groups is 1. The van der Waals surface area contributed by atoms with Crippen LogP contribution in [0.25, 0.3) is 0 Å². The van der Waals surface area contributed by atoms with Crippen molar-refractivity contribution in [2.45, 2.75) is 32.9 Å². The van der Waals surface area contributed by atoms with Crippen LogP contribution in [0.5, 0.6) is 0 Å². The topological polar surface area (TPSA) is 58.4 Å². The fourth-order valence-corrected chi connectivity index (χ4v) is 1.46. The maximum Gasteiger partial charge on any atom is 0.321 e. The minimum atomic E-state index is -0.0893. The van der Waals surface area contributed by atoms with Crippen molar-refractivity contribution in [2.24, 2.45) is 5.73 Å². The number of carbonyl (C=O) groups excluding carboxylic acids is 1. The first-order valence-corrected chi connectivity index (χ1v) is 5.91. The molecule has 0 fully saturated rings. The molecule has 3 N–H and O–H groups in total. The maximum atomic E-state index is 11.9. The number of hydrogen-bond donors (Lipinski definition) is 2. The molecule has 0 saturated carbocycles. The van der Waals surface area contributed by atoms with Crippen LogP contribution in [0.3, 0.4) is 0 Å². The largest absolute Gasteiger partial charge is 0.326 e. The zero-order valence-electron chi connectivity index (χ0n) is 10.7. The van der Waals surface area contributed by atoms with Crippen LogP contribution in [0.2, 0.25) is 0 Å². The molecule has 0 spiro atoms. The standard InChI is InChI=1S/C13H21N3O/c1-4-10(2)16(3)13(17)15-12-7-5-6-11(8-12)9-14/h5-8,10H,4,9,14H2,1-3H3,(H,15,17). The molecule has 2 amide bonds. The van der Waals surface area contributed by atoms with Crippen molar-refractivity contribution in [1.82, 2.24) is 4.90 Å². The summed E-state index contributed by atoms with van der Waals surface area (Å²) in [4.78, 5) is 13.6. The second-order valence-corrected chi connectivity index (χ2v) is 4.20. The van der Waals surface area contributed by atoms with Gasteiger partial charge in [-0.15, -0.1) is 0 Å². The number of nitrogens with zero attached hydrogens (tertiary/aromatic N) is 1. The highest BCUT2D eigenvalue weighted by atomic mass is 16.2. The fraction of sp³-hybridized carbons (Fsp3) is 0.462. The lowest BCUT2D eigenvalue weighted by Gasteiger charge is -2.24. The van der Waals surface area contributed by atoms with Crippen LogP contribution in [0.15, 0.2) is 24.3 Å². The zero-order chi connectivity index (χ0) is 12.8. The second kappa shape index (κ2) is 6.25. The molecular weight excluding hydrogens is 214 g/mol. The van der Waals surface area contributed by atoms with Gasteiger partial charge in [0.2, 0.25) is 0 Å². The number of anilines is 1. The summed E-state index contributed by atoms with van der Waals surface area (Å²) >= 11 is 0. The fourth-order valence-electron chi connectivity index (χ4n) is 1.46. The molecule has 0 aliphatic rings. The molecular formula is C13H21N3O. The average Bonchev–Trinajstić information content (AvgIpc) is 2.37. The lowest BCUT2D eigenvalue weighted by atomic mass is 10.2. The van der Waals surface area contributed by atoms with Crippen molar-refractivity contribution in [3.8, 4) is 0 Å². The maximum absolute atomic E-state index is 11.9. The summed E-state index contributed by atoms with van der Waals surface area (Å²) in [7, 11) is 1.80. The molecule has 0 saturated heterocycles. The van der Waals surface area contributed by atoms with Crippen LogP contribution < -0.4 is 11.1 Å². The minimum absolute atomic E-state index is 0.0893. The van der Waals surface area contributed by atoms with E-state index in [-0.39, 0.29) is 12.1 Å². The number of carbonyl (C=O) groups is 1. The Morgan fingerprint density at radius 1 is 1.53 bits per heavy atom. The van der Waals surface area contributed by atoms with Crippen LogP contribution in [-0.4, -0.2) is 24.0 Å². The highest BCUT2D eigenvalue weighted by molar-refractivity contribution is 5.89. The summed E-state index contributed by atoms with van der Waals surface area (Å²) in [5.74, 6) is 0. The summed E-state index contributed by atoms with van der Waals surface area (Å²) < 4.78 is 0. The Kier molecular flexibility index (Phi) is 4.97. The van der Waals surface area contributed by atoms with E-state index < -0.39 is 0 Å². The van der Waals surface area contributed by atoms with Crippen LogP contribution in [0.4, 0.5) is 10.5 Å². The van der Waals surface area contributed by atoms with Crippen molar-refractivity contribution in [3.63, 3.8) is 0 Å². The SMILES string of the molecule is CCC(C)N(C)C(=O)Nc1cccc(CN)c1. The summed E-state index contributed by atoms with van der Waals surface area (Å²) in [6.45, 7) is 4.56. The minimum Gasteiger partial charge on any atom is -0.326 e. The van der Waals surface area contributed by atoms with Crippen LogP contribution in [0, 0.1) is 0 Å². The number of nitrogens with two attached hydrogens (primary N) is 1. The third-order valence-electron chi connectivity index (χ3n) is 2.99. The van der Waals surface area contributed by atoms with E-state index in [0.29, 0.717) is 6.54 Å². The van der Waals surface area contributed by atoms with Crippen molar-refractivity contribution < 1.29 is 4.79 Å². The van der Waals surface area contributed by atoms with Crippen LogP contribution in [0.1, 0.15) is 25.8 Å². The van der Waals surface area contributed by atoms with Gasteiger partial charge in [0.25, 0.3) is 0 Å². The van der Waals surface area contributed by atoms with E-state index in [1.165, 1.54) is 0 Å². The average molecular weight is 235 g/mol. The zero-order valence-corrected chi connectivity index (χ0v) is 10.7. The first-order valence-electron chi connectivity index (χ1n) is 5.91. The molecule has 0 heterocycles. The molecule has 0 aromatic heterocycles. The molecule has 4 nitrogen and oxygen atoms in total. The summed E-state index contributed by atoms with van der Waals surface area (Å²) in [6.07, 6.45) is 0.937. The van der Waals surface area contributed by atoms with Gasteiger partial charge >= 0.3 is 6.03 Å². The Morgan fingerprint density at radius 2 is 2.24 bits per heavy atom. The molecule has 0 bridgehead atoms. The number of rotatable bonds is 4. The van der Waals surface area contributed by atoms with Gasteiger partial charge in [0.15, 0.2) is 0 Å². The first kappa shape index (κ1) is 13.5. The van der Waals surface area contributed by atoms with Crippen LogP contribution >= 0.6 is 0 Å². The predicted octanol–water partition coefficient (Wildman–Crippen LogP) is 2.41. The van der Waals surface area contributed by atoms with Gasteiger partial charge in [0.05, 0.1) is 0 Å². The Morgan fingerprint density at radius 3 is 2.82 bits per heavy atom. The Hall–Kier alpha value is -1.55. The van der Waals surface area contributed by atoms with Crippen molar-refractivity contribution in [3.05, 3.63) is 29.8 Å². The molecule has 1 rings (SSSR count). The molecule has 0 radical (unpaired) electrons. The van der Waals surface area contributed by atoms with Gasteiger partial charge in [0, 0.05) is 25.3 Å². The van der Waals surface area contributed by atoms with E-state index >= 15 is 0 Å².